The van der Waals surface area contributed by atoms with Crippen molar-refractivity contribution in [1.82, 2.24) is 5.32 Å². The van der Waals surface area contributed by atoms with Crippen LogP contribution in [0.1, 0.15) is 43.0 Å². The zero-order valence-electron chi connectivity index (χ0n) is 11.5. The van der Waals surface area contributed by atoms with E-state index in [2.05, 4.69) is 5.32 Å². The second kappa shape index (κ2) is 6.22. The van der Waals surface area contributed by atoms with Crippen LogP contribution in [-0.4, -0.2) is 17.0 Å². The third kappa shape index (κ3) is 3.70. The lowest BCUT2D eigenvalue weighted by Crippen LogP contribution is -2.36. The minimum atomic E-state index is -0.958. The van der Waals surface area contributed by atoms with Crippen LogP contribution >= 0.6 is 11.3 Å². The molecule has 0 aliphatic heterocycles. The summed E-state index contributed by atoms with van der Waals surface area (Å²) >= 11 is 1.53. The maximum absolute atomic E-state index is 12.2. The number of carboxylic acids is 1. The zero-order valence-corrected chi connectivity index (χ0v) is 12.3. The van der Waals surface area contributed by atoms with E-state index < -0.39 is 5.97 Å². The monoisotopic (exact) mass is 293 g/mol. The van der Waals surface area contributed by atoms with Gasteiger partial charge < -0.3 is 10.4 Å². The predicted molar refractivity (Wildman–Crippen MR) is 79.4 cm³/mol. The number of carbonyl (C=O) groups excluding carboxylic acids is 1. The summed E-state index contributed by atoms with van der Waals surface area (Å²) in [7, 11) is 0. The van der Waals surface area contributed by atoms with Crippen LogP contribution in [0.3, 0.4) is 0 Å². The second-order valence-electron chi connectivity index (χ2n) is 5.47. The van der Waals surface area contributed by atoms with Crippen molar-refractivity contribution in [1.29, 1.82) is 0 Å². The van der Waals surface area contributed by atoms with E-state index in [1.807, 2.05) is 18.4 Å². The molecule has 1 aromatic rings. The van der Waals surface area contributed by atoms with E-state index in [-0.39, 0.29) is 11.3 Å². The minimum absolute atomic E-state index is 0.131. The molecule has 4 nitrogen and oxygen atoms in total. The van der Waals surface area contributed by atoms with Gasteiger partial charge >= 0.3 is 5.97 Å². The summed E-state index contributed by atoms with van der Waals surface area (Å²) in [4.78, 5) is 23.6. The Kier molecular flexibility index (Phi) is 4.60. The van der Waals surface area contributed by atoms with E-state index in [9.17, 15) is 9.59 Å². The molecular formula is C15H19NO3S. The van der Waals surface area contributed by atoms with Gasteiger partial charge in [-0.3, -0.25) is 4.79 Å². The fraction of sp³-hybridized carbons (Fsp3) is 0.467. The molecule has 0 aromatic carbocycles. The van der Waals surface area contributed by atoms with Crippen molar-refractivity contribution in [3.8, 4) is 0 Å². The molecule has 0 spiro atoms. The van der Waals surface area contributed by atoms with E-state index in [4.69, 9.17) is 5.11 Å². The van der Waals surface area contributed by atoms with Crippen molar-refractivity contribution in [2.75, 3.05) is 0 Å². The Hall–Kier alpha value is -1.62. The maximum Gasteiger partial charge on any atom is 0.328 e. The van der Waals surface area contributed by atoms with Crippen molar-refractivity contribution >= 4 is 29.3 Å². The average Bonchev–Trinajstić information content (AvgIpc) is 3.03. The van der Waals surface area contributed by atoms with Crippen molar-refractivity contribution in [2.45, 2.75) is 39.2 Å². The molecule has 1 saturated carbocycles. The first kappa shape index (κ1) is 14.8. The Morgan fingerprint density at radius 1 is 1.45 bits per heavy atom. The van der Waals surface area contributed by atoms with Crippen LogP contribution in [0.5, 0.6) is 0 Å². The fourth-order valence-corrected chi connectivity index (χ4v) is 3.30. The molecule has 20 heavy (non-hydrogen) atoms. The summed E-state index contributed by atoms with van der Waals surface area (Å²) in [5.41, 5.74) is 0.650. The normalized spacial score (nSPS) is 17.4. The molecule has 0 atom stereocenters. The number of hydrogen-bond donors (Lipinski definition) is 2. The van der Waals surface area contributed by atoms with Crippen LogP contribution in [0, 0.1) is 5.41 Å². The Labute approximate surface area is 122 Å². The Morgan fingerprint density at radius 2 is 2.15 bits per heavy atom. The standard InChI is InChI=1S/C15H19NO3S/c1-15(6-2-3-7-15)14(19)16-9-12-8-11(10-20-12)4-5-13(17)18/h4-5,8,10H,2-3,6-7,9H2,1H3,(H,16,19)(H,17,18)/b5-4+. The molecule has 0 saturated heterocycles. The van der Waals surface area contributed by atoms with Crippen LogP contribution in [0.25, 0.3) is 6.08 Å². The molecule has 1 amide bonds. The summed E-state index contributed by atoms with van der Waals surface area (Å²) in [6, 6.07) is 1.90. The largest absolute Gasteiger partial charge is 0.478 e. The van der Waals surface area contributed by atoms with Gasteiger partial charge in [0.25, 0.3) is 0 Å². The number of carbonyl (C=O) groups is 2. The smallest absolute Gasteiger partial charge is 0.328 e. The average molecular weight is 293 g/mol. The van der Waals surface area contributed by atoms with Gasteiger partial charge in [-0.05, 0) is 35.9 Å². The molecule has 1 heterocycles. The Morgan fingerprint density at radius 3 is 2.80 bits per heavy atom. The van der Waals surface area contributed by atoms with Crippen LogP contribution in [0.15, 0.2) is 17.5 Å². The molecule has 0 unspecified atom stereocenters. The van der Waals surface area contributed by atoms with Gasteiger partial charge in [0.15, 0.2) is 0 Å². The molecule has 1 aliphatic carbocycles. The van der Waals surface area contributed by atoms with Gasteiger partial charge in [0.05, 0.1) is 6.54 Å². The molecule has 1 aromatic heterocycles. The van der Waals surface area contributed by atoms with E-state index in [1.54, 1.807) is 6.08 Å². The summed E-state index contributed by atoms with van der Waals surface area (Å²) < 4.78 is 0. The molecule has 1 fully saturated rings. The first-order valence-electron chi connectivity index (χ1n) is 6.76. The molecule has 0 radical (unpaired) electrons. The summed E-state index contributed by atoms with van der Waals surface area (Å²) in [5, 5.41) is 13.4. The second-order valence-corrected chi connectivity index (χ2v) is 6.46. The lowest BCUT2D eigenvalue weighted by molar-refractivity contribution is -0.131. The molecule has 2 N–H and O–H groups in total. The number of thiophene rings is 1. The van der Waals surface area contributed by atoms with Crippen LogP contribution in [0.2, 0.25) is 0 Å². The molecule has 108 valence electrons. The van der Waals surface area contributed by atoms with E-state index in [1.165, 1.54) is 11.3 Å². The van der Waals surface area contributed by atoms with E-state index in [0.29, 0.717) is 6.54 Å². The number of nitrogens with one attached hydrogen (secondary N) is 1. The van der Waals surface area contributed by atoms with Crippen LogP contribution in [0.4, 0.5) is 0 Å². The van der Waals surface area contributed by atoms with Gasteiger partial charge in [0.1, 0.15) is 0 Å². The highest BCUT2D eigenvalue weighted by Crippen LogP contribution is 2.37. The fourth-order valence-electron chi connectivity index (χ4n) is 2.51. The molecule has 2 rings (SSSR count). The lowest BCUT2D eigenvalue weighted by Gasteiger charge is -2.21. The first-order valence-corrected chi connectivity index (χ1v) is 7.64. The van der Waals surface area contributed by atoms with Gasteiger partial charge in [0.2, 0.25) is 5.91 Å². The third-order valence-corrected chi connectivity index (χ3v) is 4.73. The highest BCUT2D eigenvalue weighted by Gasteiger charge is 2.35. The Bertz CT molecular complexity index is 527. The summed E-state index contributed by atoms with van der Waals surface area (Å²) in [5.74, 6) is -0.828. The first-order chi connectivity index (χ1) is 9.49. The molecular weight excluding hydrogens is 274 g/mol. The quantitative estimate of drug-likeness (QED) is 0.820. The van der Waals surface area contributed by atoms with Crippen molar-refractivity contribution in [3.63, 3.8) is 0 Å². The highest BCUT2D eigenvalue weighted by molar-refractivity contribution is 7.10. The molecule has 5 heteroatoms. The van der Waals surface area contributed by atoms with Crippen LogP contribution < -0.4 is 5.32 Å². The van der Waals surface area contributed by atoms with Gasteiger partial charge in [0, 0.05) is 16.4 Å². The SMILES string of the molecule is CC1(C(=O)NCc2cc(/C=C/C(=O)O)cs2)CCCC1. The van der Waals surface area contributed by atoms with Gasteiger partial charge in [-0.15, -0.1) is 11.3 Å². The van der Waals surface area contributed by atoms with Gasteiger partial charge in [-0.1, -0.05) is 19.8 Å². The lowest BCUT2D eigenvalue weighted by atomic mass is 9.88. The van der Waals surface area contributed by atoms with Crippen molar-refractivity contribution in [3.05, 3.63) is 28.0 Å². The Balaban J connectivity index is 1.88. The number of hydrogen-bond acceptors (Lipinski definition) is 3. The number of carboxylic acid groups (broad SMARTS) is 1. The summed E-state index contributed by atoms with van der Waals surface area (Å²) in [6.07, 6.45) is 6.87. The summed E-state index contributed by atoms with van der Waals surface area (Å²) in [6.45, 7) is 2.55. The number of amides is 1. The number of rotatable bonds is 5. The van der Waals surface area contributed by atoms with E-state index >= 15 is 0 Å². The topological polar surface area (TPSA) is 66.4 Å². The third-order valence-electron chi connectivity index (χ3n) is 3.77. The highest BCUT2D eigenvalue weighted by atomic mass is 32.1. The molecule has 0 bridgehead atoms. The maximum atomic E-state index is 12.2. The van der Waals surface area contributed by atoms with Gasteiger partial charge in [-0.25, -0.2) is 4.79 Å². The predicted octanol–water partition coefficient (Wildman–Crippen LogP) is 3.04. The van der Waals surface area contributed by atoms with Gasteiger partial charge in [-0.2, -0.15) is 0 Å². The zero-order chi connectivity index (χ0) is 14.6. The number of aliphatic carboxylic acids is 1. The van der Waals surface area contributed by atoms with E-state index in [0.717, 1.165) is 42.2 Å². The molecule has 1 aliphatic rings. The van der Waals surface area contributed by atoms with Crippen LogP contribution in [-0.2, 0) is 16.1 Å². The minimum Gasteiger partial charge on any atom is -0.478 e. The van der Waals surface area contributed by atoms with Crippen molar-refractivity contribution < 1.29 is 14.7 Å². The van der Waals surface area contributed by atoms with Crippen molar-refractivity contribution in [2.24, 2.45) is 5.41 Å².